The second-order valence-electron chi connectivity index (χ2n) is 6.17. The number of hydrogen-bond acceptors (Lipinski definition) is 2. The van der Waals surface area contributed by atoms with Crippen LogP contribution in [0.4, 0.5) is 13.2 Å². The van der Waals surface area contributed by atoms with Crippen LogP contribution in [0, 0.1) is 17.8 Å². The molecule has 0 aromatic carbocycles. The van der Waals surface area contributed by atoms with Gasteiger partial charge in [-0.2, -0.15) is 13.2 Å². The van der Waals surface area contributed by atoms with E-state index in [1.165, 1.54) is 4.90 Å². The van der Waals surface area contributed by atoms with Gasteiger partial charge in [-0.3, -0.25) is 4.79 Å². The zero-order chi connectivity index (χ0) is 15.8. The Morgan fingerprint density at radius 2 is 1.67 bits per heavy atom. The quantitative estimate of drug-likeness (QED) is 0.853. The fourth-order valence-corrected chi connectivity index (χ4v) is 3.47. The number of likely N-dealkylation sites (tertiary alicyclic amines) is 1. The first-order chi connectivity index (χ1) is 9.71. The van der Waals surface area contributed by atoms with Gasteiger partial charge in [0.25, 0.3) is 0 Å². The van der Waals surface area contributed by atoms with Gasteiger partial charge < -0.3 is 10.0 Å². The summed E-state index contributed by atoms with van der Waals surface area (Å²) in [5, 5.41) is 9.21. The van der Waals surface area contributed by atoms with Gasteiger partial charge in [0.2, 0.25) is 5.91 Å². The molecule has 21 heavy (non-hydrogen) atoms. The molecule has 1 heterocycles. The van der Waals surface area contributed by atoms with E-state index < -0.39 is 30.0 Å². The highest BCUT2D eigenvalue weighted by atomic mass is 19.4. The van der Waals surface area contributed by atoms with Crippen LogP contribution in [-0.4, -0.2) is 40.6 Å². The number of rotatable bonds is 2. The van der Waals surface area contributed by atoms with Crippen LogP contribution >= 0.6 is 0 Å². The number of alkyl halides is 3. The van der Waals surface area contributed by atoms with Crippen molar-refractivity contribution < 1.29 is 27.9 Å². The number of halogens is 3. The van der Waals surface area contributed by atoms with Crippen molar-refractivity contribution >= 4 is 11.9 Å². The summed E-state index contributed by atoms with van der Waals surface area (Å²) in [6, 6.07) is -0.835. The molecule has 2 atom stereocenters. The molecule has 0 bridgehead atoms. The number of carbonyl (C=O) groups excluding carboxylic acids is 1. The van der Waals surface area contributed by atoms with Crippen molar-refractivity contribution in [2.24, 2.45) is 17.8 Å². The molecule has 1 saturated carbocycles. The summed E-state index contributed by atoms with van der Waals surface area (Å²) in [5.74, 6) is -3.22. The topological polar surface area (TPSA) is 57.6 Å². The third-order valence-corrected chi connectivity index (χ3v) is 4.78. The first-order valence-corrected chi connectivity index (χ1v) is 7.31. The predicted molar refractivity (Wildman–Crippen MR) is 68.4 cm³/mol. The number of carboxylic acid groups (broad SMARTS) is 1. The fourth-order valence-electron chi connectivity index (χ4n) is 3.47. The van der Waals surface area contributed by atoms with Crippen LogP contribution in [0.15, 0.2) is 0 Å². The Balaban J connectivity index is 1.97. The van der Waals surface area contributed by atoms with Crippen molar-refractivity contribution in [1.29, 1.82) is 0 Å². The lowest BCUT2D eigenvalue weighted by Gasteiger charge is -2.33. The number of hydrogen-bond donors (Lipinski definition) is 1. The van der Waals surface area contributed by atoms with E-state index in [0.29, 0.717) is 13.0 Å². The lowest BCUT2D eigenvalue weighted by Crippen LogP contribution is -2.46. The minimum Gasteiger partial charge on any atom is -0.480 e. The summed E-state index contributed by atoms with van der Waals surface area (Å²) in [5.41, 5.74) is 0. The summed E-state index contributed by atoms with van der Waals surface area (Å²) in [7, 11) is 0. The predicted octanol–water partition coefficient (Wildman–Crippen LogP) is 2.68. The Kier molecular flexibility index (Phi) is 4.49. The Morgan fingerprint density at radius 1 is 1.10 bits per heavy atom. The molecule has 0 spiro atoms. The smallest absolute Gasteiger partial charge is 0.391 e. The summed E-state index contributed by atoms with van der Waals surface area (Å²) >= 11 is 0. The van der Waals surface area contributed by atoms with E-state index in [1.54, 1.807) is 6.92 Å². The molecule has 0 radical (unpaired) electrons. The van der Waals surface area contributed by atoms with Gasteiger partial charge >= 0.3 is 12.1 Å². The largest absolute Gasteiger partial charge is 0.480 e. The fraction of sp³-hybridized carbons (Fsp3) is 0.857. The number of amides is 1. The van der Waals surface area contributed by atoms with Crippen molar-refractivity contribution in [3.05, 3.63) is 0 Å². The summed E-state index contributed by atoms with van der Waals surface area (Å²) in [6.45, 7) is 2.17. The van der Waals surface area contributed by atoms with Crippen LogP contribution in [0.1, 0.15) is 39.0 Å². The molecule has 7 heteroatoms. The van der Waals surface area contributed by atoms with Crippen molar-refractivity contribution in [2.75, 3.05) is 6.54 Å². The minimum absolute atomic E-state index is 0.0406. The average Bonchev–Trinajstić information content (AvgIpc) is 2.79. The van der Waals surface area contributed by atoms with Crippen LogP contribution in [0.5, 0.6) is 0 Å². The maximum Gasteiger partial charge on any atom is 0.391 e. The van der Waals surface area contributed by atoms with Crippen molar-refractivity contribution in [3.8, 4) is 0 Å². The normalized spacial score (nSPS) is 34.0. The summed E-state index contributed by atoms with van der Waals surface area (Å²) in [6.07, 6.45) is -3.26. The number of carbonyl (C=O) groups is 2. The monoisotopic (exact) mass is 307 g/mol. The molecule has 4 nitrogen and oxygen atoms in total. The second-order valence-corrected chi connectivity index (χ2v) is 6.17. The lowest BCUT2D eigenvalue weighted by molar-refractivity contribution is -0.185. The van der Waals surface area contributed by atoms with E-state index in [0.717, 1.165) is 0 Å². The third kappa shape index (κ3) is 3.32. The van der Waals surface area contributed by atoms with E-state index in [1.807, 2.05) is 0 Å². The molecule has 1 N–H and O–H groups in total. The van der Waals surface area contributed by atoms with Gasteiger partial charge in [0, 0.05) is 12.5 Å². The van der Waals surface area contributed by atoms with Crippen LogP contribution < -0.4 is 0 Å². The molecule has 1 saturated heterocycles. The van der Waals surface area contributed by atoms with Gasteiger partial charge in [0.05, 0.1) is 5.92 Å². The molecular weight excluding hydrogens is 287 g/mol. The molecule has 2 unspecified atom stereocenters. The average molecular weight is 307 g/mol. The molecule has 1 aliphatic carbocycles. The molecule has 2 rings (SSSR count). The van der Waals surface area contributed by atoms with Gasteiger partial charge in [-0.25, -0.2) is 4.79 Å². The molecule has 1 aliphatic heterocycles. The zero-order valence-electron chi connectivity index (χ0n) is 11.9. The van der Waals surface area contributed by atoms with Gasteiger partial charge in [-0.1, -0.05) is 6.92 Å². The third-order valence-electron chi connectivity index (χ3n) is 4.78. The van der Waals surface area contributed by atoms with E-state index in [9.17, 15) is 27.9 Å². The Labute approximate surface area is 121 Å². The van der Waals surface area contributed by atoms with E-state index >= 15 is 0 Å². The van der Waals surface area contributed by atoms with Crippen molar-refractivity contribution in [2.45, 2.75) is 51.2 Å². The Hall–Kier alpha value is -1.27. The standard InChI is InChI=1S/C14H20F3NO3/c1-8-6-7-18(11(8)13(20)21)12(19)9-2-4-10(5-3-9)14(15,16)17/h8-11H,2-7H2,1H3,(H,20,21). The second kappa shape index (κ2) is 5.85. The number of carboxylic acids is 1. The van der Waals surface area contributed by atoms with Crippen LogP contribution in [-0.2, 0) is 9.59 Å². The van der Waals surface area contributed by atoms with Crippen LogP contribution in [0.25, 0.3) is 0 Å². The Bertz CT molecular complexity index is 416. The highest BCUT2D eigenvalue weighted by Crippen LogP contribution is 2.40. The minimum atomic E-state index is -4.19. The number of nitrogens with zero attached hydrogens (tertiary/aromatic N) is 1. The SMILES string of the molecule is CC1CCN(C(=O)C2CCC(C(F)(F)F)CC2)C1C(=O)O. The molecule has 2 aliphatic rings. The highest BCUT2D eigenvalue weighted by Gasteiger charge is 2.45. The first kappa shape index (κ1) is 16.1. The molecule has 0 aromatic rings. The molecule has 1 amide bonds. The van der Waals surface area contributed by atoms with E-state index in [4.69, 9.17) is 0 Å². The maximum absolute atomic E-state index is 12.6. The van der Waals surface area contributed by atoms with Gasteiger partial charge in [-0.15, -0.1) is 0 Å². The van der Waals surface area contributed by atoms with E-state index in [-0.39, 0.29) is 37.5 Å². The summed E-state index contributed by atoms with van der Waals surface area (Å²) in [4.78, 5) is 25.0. The van der Waals surface area contributed by atoms with Gasteiger partial charge in [-0.05, 0) is 38.0 Å². The Morgan fingerprint density at radius 3 is 2.14 bits per heavy atom. The van der Waals surface area contributed by atoms with E-state index in [2.05, 4.69) is 0 Å². The lowest BCUT2D eigenvalue weighted by atomic mass is 9.81. The van der Waals surface area contributed by atoms with Gasteiger partial charge in [0.1, 0.15) is 6.04 Å². The molecule has 0 aromatic heterocycles. The van der Waals surface area contributed by atoms with Gasteiger partial charge in [0.15, 0.2) is 0 Å². The zero-order valence-corrected chi connectivity index (χ0v) is 11.9. The van der Waals surface area contributed by atoms with Crippen LogP contribution in [0.2, 0.25) is 0 Å². The summed E-state index contributed by atoms with van der Waals surface area (Å²) < 4.78 is 37.8. The molecule has 2 fully saturated rings. The maximum atomic E-state index is 12.6. The first-order valence-electron chi connectivity index (χ1n) is 7.31. The van der Waals surface area contributed by atoms with Crippen molar-refractivity contribution in [3.63, 3.8) is 0 Å². The highest BCUT2D eigenvalue weighted by molar-refractivity contribution is 5.86. The molecule has 120 valence electrons. The van der Waals surface area contributed by atoms with Crippen LogP contribution in [0.3, 0.4) is 0 Å². The number of aliphatic carboxylic acids is 1. The van der Waals surface area contributed by atoms with Crippen molar-refractivity contribution in [1.82, 2.24) is 4.90 Å². The molecular formula is C14H20F3NO3.